The van der Waals surface area contributed by atoms with Crippen LogP contribution in [-0.2, 0) is 11.2 Å². The summed E-state index contributed by atoms with van der Waals surface area (Å²) in [5.74, 6) is 0.107. The molecule has 0 spiro atoms. The van der Waals surface area contributed by atoms with Gasteiger partial charge in [-0.25, -0.2) is 0 Å². The van der Waals surface area contributed by atoms with Gasteiger partial charge in [-0.2, -0.15) is 0 Å². The number of hydrogen-bond acceptors (Lipinski definition) is 4. The highest BCUT2D eigenvalue weighted by atomic mass is 35.5. The van der Waals surface area contributed by atoms with E-state index in [4.69, 9.17) is 4.42 Å². The molecule has 4 rings (SSSR count). The number of carbonyl (C=O) groups is 2. The minimum atomic E-state index is -0.296. The monoisotopic (exact) mass is 413 g/mol. The molecule has 0 radical (unpaired) electrons. The summed E-state index contributed by atoms with van der Waals surface area (Å²) >= 11 is 0. The number of fused-ring (bicyclic) bond motifs is 1. The molecule has 152 valence electrons. The van der Waals surface area contributed by atoms with Gasteiger partial charge < -0.3 is 20.0 Å². The van der Waals surface area contributed by atoms with Crippen LogP contribution in [0.5, 0.6) is 0 Å². The van der Waals surface area contributed by atoms with Crippen molar-refractivity contribution in [1.82, 2.24) is 10.2 Å². The molecule has 2 amide bonds. The molecule has 2 N–H and O–H groups in total. The molecule has 1 atom stereocenters. The number of para-hydroxylation sites is 1. The molecular weight excluding hydrogens is 390 g/mol. The Hall–Kier alpha value is -2.83. The Morgan fingerprint density at radius 3 is 2.66 bits per heavy atom. The van der Waals surface area contributed by atoms with Crippen LogP contribution in [0.1, 0.15) is 23.0 Å². The minimum Gasteiger partial charge on any atom is -0.451 e. The Kier molecular flexibility index (Phi) is 6.56. The summed E-state index contributed by atoms with van der Waals surface area (Å²) < 4.78 is 5.59. The van der Waals surface area contributed by atoms with Gasteiger partial charge in [0.15, 0.2) is 5.76 Å². The van der Waals surface area contributed by atoms with Crippen molar-refractivity contribution < 1.29 is 14.0 Å². The fourth-order valence-electron chi connectivity index (χ4n) is 3.44. The van der Waals surface area contributed by atoms with Gasteiger partial charge in [0.2, 0.25) is 5.91 Å². The Labute approximate surface area is 175 Å². The number of rotatable bonds is 4. The average molecular weight is 414 g/mol. The molecule has 1 aromatic heterocycles. The second-order valence-corrected chi connectivity index (χ2v) is 7.17. The van der Waals surface area contributed by atoms with E-state index in [9.17, 15) is 9.59 Å². The third kappa shape index (κ3) is 4.96. The maximum Gasteiger partial charge on any atom is 0.291 e. The van der Waals surface area contributed by atoms with E-state index in [-0.39, 0.29) is 30.0 Å². The Balaban J connectivity index is 0.00000240. The van der Waals surface area contributed by atoms with Crippen LogP contribution in [0.4, 0.5) is 5.69 Å². The third-order valence-corrected chi connectivity index (χ3v) is 4.94. The first-order chi connectivity index (χ1) is 13.6. The minimum absolute atomic E-state index is 0. The first-order valence-corrected chi connectivity index (χ1v) is 9.48. The first kappa shape index (κ1) is 20.9. The van der Waals surface area contributed by atoms with Crippen LogP contribution in [0, 0.1) is 0 Å². The number of furan rings is 1. The number of carbonyl (C=O) groups excluding carboxylic acids is 2. The number of piperazine rings is 1. The second-order valence-electron chi connectivity index (χ2n) is 7.17. The maximum absolute atomic E-state index is 12.5. The molecule has 1 fully saturated rings. The quantitative estimate of drug-likeness (QED) is 0.686. The number of anilines is 1. The molecule has 3 aromatic rings. The summed E-state index contributed by atoms with van der Waals surface area (Å²) in [6.07, 6.45) is 0.366. The molecule has 1 unspecified atom stereocenters. The lowest BCUT2D eigenvalue weighted by Crippen LogP contribution is -2.51. The van der Waals surface area contributed by atoms with Crippen molar-refractivity contribution in [2.24, 2.45) is 0 Å². The van der Waals surface area contributed by atoms with Gasteiger partial charge in [-0.3, -0.25) is 9.59 Å². The highest BCUT2D eigenvalue weighted by Crippen LogP contribution is 2.20. The van der Waals surface area contributed by atoms with Crippen molar-refractivity contribution >= 4 is 40.9 Å². The van der Waals surface area contributed by atoms with E-state index >= 15 is 0 Å². The first-order valence-electron chi connectivity index (χ1n) is 9.48. The lowest BCUT2D eigenvalue weighted by molar-refractivity contribution is -0.131. The fraction of sp³-hybridized carbons (Fsp3) is 0.273. The van der Waals surface area contributed by atoms with Crippen molar-refractivity contribution in [3.8, 4) is 0 Å². The van der Waals surface area contributed by atoms with Gasteiger partial charge in [-0.15, -0.1) is 12.4 Å². The summed E-state index contributed by atoms with van der Waals surface area (Å²) in [5.41, 5.74) is 2.28. The Morgan fingerprint density at radius 1 is 1.17 bits per heavy atom. The molecule has 1 aliphatic rings. The van der Waals surface area contributed by atoms with Gasteiger partial charge >= 0.3 is 0 Å². The highest BCUT2D eigenvalue weighted by Gasteiger charge is 2.20. The molecule has 2 heterocycles. The molecule has 1 saturated heterocycles. The Morgan fingerprint density at radius 2 is 1.93 bits per heavy atom. The molecule has 29 heavy (non-hydrogen) atoms. The van der Waals surface area contributed by atoms with E-state index in [1.54, 1.807) is 6.07 Å². The maximum atomic E-state index is 12.5. The molecule has 0 aliphatic carbocycles. The van der Waals surface area contributed by atoms with Crippen molar-refractivity contribution in [3.63, 3.8) is 0 Å². The van der Waals surface area contributed by atoms with Gasteiger partial charge in [0.25, 0.3) is 5.91 Å². The second kappa shape index (κ2) is 9.11. The standard InChI is InChI=1S/C22H23N3O3.ClH/c1-15-14-25(11-10-23-15)21(26)12-16-6-8-18(9-7-16)24-22(27)20-13-17-4-2-3-5-19(17)28-20;/h2-9,13,15,23H,10-12,14H2,1H3,(H,24,27);1H. The van der Waals surface area contributed by atoms with Gasteiger partial charge in [-0.1, -0.05) is 30.3 Å². The van der Waals surface area contributed by atoms with Gasteiger partial charge in [0.1, 0.15) is 5.58 Å². The number of benzene rings is 2. The lowest BCUT2D eigenvalue weighted by atomic mass is 10.1. The van der Waals surface area contributed by atoms with Crippen molar-refractivity contribution in [1.29, 1.82) is 0 Å². The third-order valence-electron chi connectivity index (χ3n) is 4.94. The topological polar surface area (TPSA) is 74.6 Å². The van der Waals surface area contributed by atoms with Gasteiger partial charge in [0, 0.05) is 36.7 Å². The van der Waals surface area contributed by atoms with E-state index < -0.39 is 0 Å². The van der Waals surface area contributed by atoms with Crippen LogP contribution < -0.4 is 10.6 Å². The van der Waals surface area contributed by atoms with Crippen LogP contribution in [0.2, 0.25) is 0 Å². The fourth-order valence-corrected chi connectivity index (χ4v) is 3.44. The number of hydrogen-bond donors (Lipinski definition) is 2. The number of halogens is 1. The highest BCUT2D eigenvalue weighted by molar-refractivity contribution is 6.04. The Bertz CT molecular complexity index is 967. The van der Waals surface area contributed by atoms with Crippen LogP contribution >= 0.6 is 12.4 Å². The zero-order valence-corrected chi connectivity index (χ0v) is 17.0. The van der Waals surface area contributed by atoms with Crippen LogP contribution in [0.15, 0.2) is 59.0 Å². The predicted octanol–water partition coefficient (Wildman–Crippen LogP) is 3.47. The predicted molar refractivity (Wildman–Crippen MR) is 116 cm³/mol. The van der Waals surface area contributed by atoms with Crippen LogP contribution in [0.3, 0.4) is 0 Å². The summed E-state index contributed by atoms with van der Waals surface area (Å²) in [7, 11) is 0. The largest absolute Gasteiger partial charge is 0.451 e. The van der Waals surface area contributed by atoms with E-state index in [0.717, 1.165) is 30.6 Å². The molecular formula is C22H24ClN3O3. The van der Waals surface area contributed by atoms with E-state index in [2.05, 4.69) is 17.6 Å². The van der Waals surface area contributed by atoms with Crippen molar-refractivity contribution in [2.75, 3.05) is 25.0 Å². The van der Waals surface area contributed by atoms with E-state index in [1.807, 2.05) is 53.4 Å². The molecule has 2 aromatic carbocycles. The summed E-state index contributed by atoms with van der Waals surface area (Å²) in [6.45, 7) is 4.40. The molecule has 7 heteroatoms. The van der Waals surface area contributed by atoms with Crippen LogP contribution in [0.25, 0.3) is 11.0 Å². The SMILES string of the molecule is CC1CN(C(=O)Cc2ccc(NC(=O)c3cc4ccccc4o3)cc2)CCN1.Cl. The van der Waals surface area contributed by atoms with Gasteiger partial charge in [-0.05, 0) is 36.8 Å². The molecule has 6 nitrogen and oxygen atoms in total. The lowest BCUT2D eigenvalue weighted by Gasteiger charge is -2.32. The smallest absolute Gasteiger partial charge is 0.291 e. The average Bonchev–Trinajstić information content (AvgIpc) is 3.14. The number of amides is 2. The summed E-state index contributed by atoms with van der Waals surface area (Å²) in [5, 5.41) is 7.06. The van der Waals surface area contributed by atoms with Crippen LogP contribution in [-0.4, -0.2) is 42.4 Å². The zero-order chi connectivity index (χ0) is 19.5. The molecule has 0 saturated carbocycles. The number of nitrogens with zero attached hydrogens (tertiary/aromatic N) is 1. The molecule has 0 bridgehead atoms. The zero-order valence-electron chi connectivity index (χ0n) is 16.2. The summed E-state index contributed by atoms with van der Waals surface area (Å²) in [6, 6.07) is 16.9. The van der Waals surface area contributed by atoms with E-state index in [1.165, 1.54) is 0 Å². The van der Waals surface area contributed by atoms with Crippen molar-refractivity contribution in [2.45, 2.75) is 19.4 Å². The van der Waals surface area contributed by atoms with E-state index in [0.29, 0.717) is 23.7 Å². The normalized spacial score (nSPS) is 16.3. The number of nitrogens with one attached hydrogen (secondary N) is 2. The van der Waals surface area contributed by atoms with Crippen molar-refractivity contribution in [3.05, 3.63) is 65.9 Å². The molecule has 1 aliphatic heterocycles. The van der Waals surface area contributed by atoms with Gasteiger partial charge in [0.05, 0.1) is 6.42 Å². The summed E-state index contributed by atoms with van der Waals surface area (Å²) in [4.78, 5) is 26.8.